The first-order valence-electron chi connectivity index (χ1n) is 12.6. The Kier molecular flexibility index (Phi) is 7.06. The molecule has 1 fully saturated rings. The van der Waals surface area contributed by atoms with Crippen LogP contribution in [-0.4, -0.2) is 75.1 Å². The number of hydrogen-bond donors (Lipinski definition) is 1. The van der Waals surface area contributed by atoms with Gasteiger partial charge in [0.25, 0.3) is 0 Å². The van der Waals surface area contributed by atoms with Gasteiger partial charge in [-0.05, 0) is 49.1 Å². The molecule has 186 valence electrons. The number of nitrogens with one attached hydrogen (secondary N) is 1. The molecule has 1 atom stereocenters. The third kappa shape index (κ3) is 5.36. The van der Waals surface area contributed by atoms with Gasteiger partial charge in [-0.15, -0.1) is 10.2 Å². The van der Waals surface area contributed by atoms with Crippen LogP contribution < -0.4 is 5.32 Å². The van der Waals surface area contributed by atoms with E-state index in [1.807, 2.05) is 29.1 Å². The van der Waals surface area contributed by atoms with Gasteiger partial charge in [0, 0.05) is 43.7 Å². The zero-order chi connectivity index (χ0) is 24.4. The van der Waals surface area contributed by atoms with Crippen molar-refractivity contribution in [2.75, 3.05) is 44.7 Å². The lowest BCUT2D eigenvalue weighted by atomic mass is 9.96. The van der Waals surface area contributed by atoms with Crippen LogP contribution in [0.3, 0.4) is 0 Å². The number of carbonyl (C=O) groups excluding carboxylic acids is 1. The number of aromatic nitrogens is 4. The molecular weight excluding hydrogens is 445 g/mol. The van der Waals surface area contributed by atoms with E-state index in [1.54, 1.807) is 0 Å². The first-order chi connectivity index (χ1) is 17.0. The van der Waals surface area contributed by atoms with Crippen LogP contribution in [0.1, 0.15) is 32.4 Å². The van der Waals surface area contributed by atoms with Gasteiger partial charge in [-0.1, -0.05) is 19.9 Å². The summed E-state index contributed by atoms with van der Waals surface area (Å²) < 4.78 is 14.9. The fourth-order valence-electron chi connectivity index (χ4n) is 5.30. The molecule has 0 unspecified atom stereocenters. The lowest BCUT2D eigenvalue weighted by Crippen LogP contribution is -2.42. The fraction of sp³-hybridized carbons (Fsp3) is 0.538. The van der Waals surface area contributed by atoms with Crippen molar-refractivity contribution in [3.05, 3.63) is 36.2 Å². The van der Waals surface area contributed by atoms with Crippen LogP contribution in [0.25, 0.3) is 22.0 Å². The van der Waals surface area contributed by atoms with Crippen LogP contribution in [0.5, 0.6) is 0 Å². The molecule has 4 heterocycles. The second-order valence-corrected chi connectivity index (χ2v) is 10.2. The highest BCUT2D eigenvalue weighted by Crippen LogP contribution is 2.30. The zero-order valence-electron chi connectivity index (χ0n) is 20.6. The number of rotatable bonds is 7. The Balaban J connectivity index is 1.33. The molecule has 0 radical (unpaired) electrons. The van der Waals surface area contributed by atoms with Gasteiger partial charge in [0.05, 0.1) is 29.9 Å². The molecular formula is C26H34FN7O. The number of nitrogens with zero attached hydrogens (tertiary/aromatic N) is 6. The fourth-order valence-corrected chi connectivity index (χ4v) is 5.30. The smallest absolute Gasteiger partial charge is 0.229 e. The Morgan fingerprint density at radius 1 is 1.17 bits per heavy atom. The number of hydrogen-bond acceptors (Lipinski definition) is 6. The second kappa shape index (κ2) is 10.4. The molecule has 1 amide bonds. The van der Waals surface area contributed by atoms with Crippen LogP contribution in [0.2, 0.25) is 0 Å². The van der Waals surface area contributed by atoms with Crippen molar-refractivity contribution in [1.29, 1.82) is 0 Å². The van der Waals surface area contributed by atoms with Gasteiger partial charge in [-0.3, -0.25) is 14.4 Å². The van der Waals surface area contributed by atoms with Crippen molar-refractivity contribution in [2.45, 2.75) is 39.8 Å². The molecule has 9 heteroatoms. The molecule has 2 aliphatic rings. The normalized spacial score (nSPS) is 19.3. The first-order valence-corrected chi connectivity index (χ1v) is 12.6. The van der Waals surface area contributed by atoms with Gasteiger partial charge < -0.3 is 10.2 Å². The molecule has 0 aliphatic carbocycles. The minimum atomic E-state index is -0.344. The van der Waals surface area contributed by atoms with Gasteiger partial charge in [0.15, 0.2) is 5.82 Å². The molecule has 0 spiro atoms. The summed E-state index contributed by atoms with van der Waals surface area (Å²) in [5.74, 6) is 1.05. The first kappa shape index (κ1) is 23.8. The van der Waals surface area contributed by atoms with Crippen LogP contribution in [-0.2, 0) is 17.9 Å². The quantitative estimate of drug-likeness (QED) is 0.558. The summed E-state index contributed by atoms with van der Waals surface area (Å²) in [5, 5.41) is 17.0. The highest BCUT2D eigenvalue weighted by atomic mass is 19.1. The second-order valence-electron chi connectivity index (χ2n) is 10.2. The Morgan fingerprint density at radius 3 is 2.89 bits per heavy atom. The molecule has 35 heavy (non-hydrogen) atoms. The Morgan fingerprint density at radius 2 is 2.06 bits per heavy atom. The molecule has 8 nitrogen and oxygen atoms in total. The maximum Gasteiger partial charge on any atom is 0.229 e. The van der Waals surface area contributed by atoms with Gasteiger partial charge in [0.2, 0.25) is 5.91 Å². The van der Waals surface area contributed by atoms with Crippen molar-refractivity contribution < 1.29 is 9.18 Å². The predicted molar refractivity (Wildman–Crippen MR) is 135 cm³/mol. The standard InChI is InChI=1S/C26H34FN7O/c1-18(2)15-33-8-3-4-20(16-33)26(35)29-25-13-21-12-19(5-6-23(21)30-31-25)22-14-28-34-11-10-32(9-7-27)17-24(22)34/h5-6,12-14,18,20H,3-4,7-11,15-17H2,1-2H3,(H,29,31,35)/t20-/m1/s1. The number of likely N-dealkylation sites (tertiary alicyclic amines) is 1. The van der Waals surface area contributed by atoms with E-state index in [0.717, 1.165) is 73.3 Å². The summed E-state index contributed by atoms with van der Waals surface area (Å²) in [6.45, 7) is 9.65. The molecule has 2 aromatic heterocycles. The monoisotopic (exact) mass is 479 g/mol. The molecule has 5 rings (SSSR count). The maximum absolute atomic E-state index is 13.0. The molecule has 0 bridgehead atoms. The van der Waals surface area contributed by atoms with Gasteiger partial charge >= 0.3 is 0 Å². The van der Waals surface area contributed by atoms with Gasteiger partial charge in [-0.2, -0.15) is 5.10 Å². The third-order valence-corrected chi connectivity index (χ3v) is 7.00. The van der Waals surface area contributed by atoms with Crippen molar-refractivity contribution in [2.24, 2.45) is 11.8 Å². The van der Waals surface area contributed by atoms with Crippen LogP contribution >= 0.6 is 0 Å². The van der Waals surface area contributed by atoms with E-state index in [2.05, 4.69) is 50.3 Å². The maximum atomic E-state index is 13.0. The number of benzene rings is 1. The molecule has 1 aromatic carbocycles. The van der Waals surface area contributed by atoms with Crippen LogP contribution in [0.4, 0.5) is 10.2 Å². The number of halogens is 1. The van der Waals surface area contributed by atoms with Gasteiger partial charge in [0.1, 0.15) is 6.67 Å². The van der Waals surface area contributed by atoms with Crippen molar-refractivity contribution >= 4 is 22.6 Å². The Labute approximate surface area is 205 Å². The number of piperidine rings is 1. The van der Waals surface area contributed by atoms with E-state index in [-0.39, 0.29) is 18.5 Å². The lowest BCUT2D eigenvalue weighted by molar-refractivity contribution is -0.121. The summed E-state index contributed by atoms with van der Waals surface area (Å²) in [6.07, 6.45) is 3.83. The van der Waals surface area contributed by atoms with E-state index in [9.17, 15) is 9.18 Å². The predicted octanol–water partition coefficient (Wildman–Crippen LogP) is 3.58. The molecule has 1 N–H and O–H groups in total. The number of carbonyl (C=O) groups is 1. The van der Waals surface area contributed by atoms with E-state index in [0.29, 0.717) is 24.8 Å². The molecule has 3 aromatic rings. The van der Waals surface area contributed by atoms with Crippen molar-refractivity contribution in [1.82, 2.24) is 29.8 Å². The third-order valence-electron chi connectivity index (χ3n) is 7.00. The van der Waals surface area contributed by atoms with E-state index in [1.165, 1.54) is 0 Å². The lowest BCUT2D eigenvalue weighted by Gasteiger charge is -2.32. The molecule has 2 aliphatic heterocycles. The molecule has 0 saturated carbocycles. The topological polar surface area (TPSA) is 79.2 Å². The Hall–Kier alpha value is -2.91. The average molecular weight is 480 g/mol. The number of amides is 1. The number of anilines is 1. The van der Waals surface area contributed by atoms with Crippen molar-refractivity contribution in [3.63, 3.8) is 0 Å². The summed E-state index contributed by atoms with van der Waals surface area (Å²) in [5.41, 5.74) is 3.95. The Bertz CT molecular complexity index is 1190. The van der Waals surface area contributed by atoms with Gasteiger partial charge in [-0.25, -0.2) is 4.39 Å². The highest BCUT2D eigenvalue weighted by molar-refractivity contribution is 5.94. The molecule has 1 saturated heterocycles. The summed E-state index contributed by atoms with van der Waals surface area (Å²) >= 11 is 0. The van der Waals surface area contributed by atoms with Crippen molar-refractivity contribution in [3.8, 4) is 11.1 Å². The van der Waals surface area contributed by atoms with Crippen LogP contribution in [0.15, 0.2) is 30.5 Å². The van der Waals surface area contributed by atoms with E-state index in [4.69, 9.17) is 0 Å². The SMILES string of the molecule is CC(C)CN1CCC[C@@H](C(=O)Nc2cc3cc(-c4cnn5c4CN(CCF)CC5)ccc3nn2)C1. The zero-order valence-corrected chi connectivity index (χ0v) is 20.6. The van der Waals surface area contributed by atoms with E-state index < -0.39 is 0 Å². The minimum absolute atomic E-state index is 0.0157. The largest absolute Gasteiger partial charge is 0.309 e. The summed E-state index contributed by atoms with van der Waals surface area (Å²) in [7, 11) is 0. The van der Waals surface area contributed by atoms with Crippen LogP contribution in [0, 0.1) is 11.8 Å². The summed E-state index contributed by atoms with van der Waals surface area (Å²) in [4.78, 5) is 17.5. The number of alkyl halides is 1. The average Bonchev–Trinajstić information content (AvgIpc) is 3.27. The summed E-state index contributed by atoms with van der Waals surface area (Å²) in [6, 6.07) is 7.92. The van der Waals surface area contributed by atoms with E-state index >= 15 is 0 Å². The highest BCUT2D eigenvalue weighted by Gasteiger charge is 2.26. The number of fused-ring (bicyclic) bond motifs is 2. The minimum Gasteiger partial charge on any atom is -0.309 e.